The summed E-state index contributed by atoms with van der Waals surface area (Å²) in [5, 5.41) is 6.04. The van der Waals surface area contributed by atoms with Gasteiger partial charge in [-0.05, 0) is 65.0 Å². The van der Waals surface area contributed by atoms with Crippen LogP contribution in [-0.2, 0) is 16.0 Å². The molecule has 1 aliphatic rings. The first kappa shape index (κ1) is 21.3. The van der Waals surface area contributed by atoms with Crippen LogP contribution in [0.25, 0.3) is 0 Å². The zero-order valence-electron chi connectivity index (χ0n) is 17.4. The van der Waals surface area contributed by atoms with Gasteiger partial charge in [0.15, 0.2) is 0 Å². The number of hydrogen-bond acceptors (Lipinski definition) is 3. The summed E-state index contributed by atoms with van der Waals surface area (Å²) >= 11 is 0. The van der Waals surface area contributed by atoms with Crippen LogP contribution in [0.1, 0.15) is 69.6 Å². The number of rotatable bonds is 6. The molecule has 0 atom stereocenters. The zero-order valence-corrected chi connectivity index (χ0v) is 17.4. The second-order valence-electron chi connectivity index (χ2n) is 8.82. The maximum Gasteiger partial charge on any atom is 0.407 e. The molecule has 0 unspecified atom stereocenters. The third-order valence-electron chi connectivity index (χ3n) is 5.05. The summed E-state index contributed by atoms with van der Waals surface area (Å²) in [5.74, 6) is 0.0443. The van der Waals surface area contributed by atoms with E-state index in [9.17, 15) is 9.59 Å². The summed E-state index contributed by atoms with van der Waals surface area (Å²) in [5.41, 5.74) is 2.80. The van der Waals surface area contributed by atoms with E-state index in [0.29, 0.717) is 13.0 Å². The number of hydrogen-bond donors (Lipinski definition) is 2. The highest BCUT2D eigenvalue weighted by atomic mass is 16.6. The highest BCUT2D eigenvalue weighted by Crippen LogP contribution is 2.29. The van der Waals surface area contributed by atoms with Crippen LogP contribution in [0.3, 0.4) is 0 Å². The molecule has 27 heavy (non-hydrogen) atoms. The molecule has 5 heteroatoms. The van der Waals surface area contributed by atoms with Crippen molar-refractivity contribution >= 4 is 12.0 Å². The molecule has 1 fully saturated rings. The molecule has 1 aromatic rings. The molecule has 0 saturated heterocycles. The van der Waals surface area contributed by atoms with Gasteiger partial charge in [0.1, 0.15) is 5.60 Å². The highest BCUT2D eigenvalue weighted by molar-refractivity contribution is 5.77. The van der Waals surface area contributed by atoms with Crippen LogP contribution in [0, 0.1) is 13.8 Å². The normalized spacial score (nSPS) is 16.0. The Morgan fingerprint density at radius 1 is 1.15 bits per heavy atom. The molecule has 1 aromatic carbocycles. The lowest BCUT2D eigenvalue weighted by molar-refractivity contribution is -0.123. The molecule has 1 aliphatic carbocycles. The minimum Gasteiger partial charge on any atom is -0.444 e. The van der Waals surface area contributed by atoms with Gasteiger partial charge in [0.05, 0.1) is 5.54 Å². The molecule has 2 amide bonds. The van der Waals surface area contributed by atoms with E-state index >= 15 is 0 Å². The van der Waals surface area contributed by atoms with Gasteiger partial charge in [-0.3, -0.25) is 4.79 Å². The standard InChI is InChI=1S/C22H34N2O3/c1-16-8-9-18(17(2)14-16)10-11-19(25)24-22(12-6-7-13-22)15-23-20(26)27-21(3,4)5/h8-9,14H,6-7,10-13,15H2,1-5H3,(H,23,26)(H,24,25). The van der Waals surface area contributed by atoms with Crippen molar-refractivity contribution in [3.63, 3.8) is 0 Å². The summed E-state index contributed by atoms with van der Waals surface area (Å²) in [6.07, 6.45) is 4.65. The molecule has 0 heterocycles. The lowest BCUT2D eigenvalue weighted by Crippen LogP contribution is -2.54. The minimum atomic E-state index is -0.526. The monoisotopic (exact) mass is 374 g/mol. The fourth-order valence-electron chi connectivity index (χ4n) is 3.69. The highest BCUT2D eigenvalue weighted by Gasteiger charge is 2.36. The smallest absolute Gasteiger partial charge is 0.407 e. The van der Waals surface area contributed by atoms with Crippen LogP contribution in [0.15, 0.2) is 18.2 Å². The summed E-state index contributed by atoms with van der Waals surface area (Å²) < 4.78 is 5.31. The predicted octanol–water partition coefficient (Wildman–Crippen LogP) is 4.19. The Balaban J connectivity index is 1.88. The van der Waals surface area contributed by atoms with Crippen molar-refractivity contribution in [3.05, 3.63) is 34.9 Å². The van der Waals surface area contributed by atoms with Crippen molar-refractivity contribution in [3.8, 4) is 0 Å². The van der Waals surface area contributed by atoms with Gasteiger partial charge in [0.2, 0.25) is 5.91 Å². The lowest BCUT2D eigenvalue weighted by atomic mass is 9.96. The van der Waals surface area contributed by atoms with Crippen molar-refractivity contribution in [1.82, 2.24) is 10.6 Å². The van der Waals surface area contributed by atoms with E-state index in [0.717, 1.165) is 32.1 Å². The number of ether oxygens (including phenoxy) is 1. The minimum absolute atomic E-state index is 0.0443. The molecule has 5 nitrogen and oxygen atoms in total. The Kier molecular flexibility index (Phi) is 6.90. The van der Waals surface area contributed by atoms with E-state index in [1.807, 2.05) is 20.8 Å². The summed E-state index contributed by atoms with van der Waals surface area (Å²) in [7, 11) is 0. The number of amides is 2. The van der Waals surface area contributed by atoms with Gasteiger partial charge in [0.25, 0.3) is 0 Å². The number of alkyl carbamates (subject to hydrolysis) is 1. The van der Waals surface area contributed by atoms with Gasteiger partial charge in [-0.1, -0.05) is 36.6 Å². The molecule has 0 bridgehead atoms. The lowest BCUT2D eigenvalue weighted by Gasteiger charge is -2.31. The third kappa shape index (κ3) is 6.89. The van der Waals surface area contributed by atoms with Crippen LogP contribution in [-0.4, -0.2) is 29.7 Å². The van der Waals surface area contributed by atoms with Crippen molar-refractivity contribution in [2.75, 3.05) is 6.54 Å². The SMILES string of the molecule is Cc1ccc(CCC(=O)NC2(CNC(=O)OC(C)(C)C)CCCC2)c(C)c1. The average molecular weight is 375 g/mol. The fraction of sp³-hybridized carbons (Fsp3) is 0.636. The summed E-state index contributed by atoms with van der Waals surface area (Å²) in [6, 6.07) is 6.34. The number of carbonyl (C=O) groups excluding carboxylic acids is 2. The Morgan fingerprint density at radius 3 is 2.41 bits per heavy atom. The van der Waals surface area contributed by atoms with Crippen LogP contribution >= 0.6 is 0 Å². The van der Waals surface area contributed by atoms with Crippen molar-refractivity contribution < 1.29 is 14.3 Å². The molecular weight excluding hydrogens is 340 g/mol. The maximum atomic E-state index is 12.6. The Labute approximate surface area is 163 Å². The fourth-order valence-corrected chi connectivity index (χ4v) is 3.69. The predicted molar refractivity (Wildman–Crippen MR) is 108 cm³/mol. The molecule has 1 saturated carbocycles. The number of carbonyl (C=O) groups is 2. The molecule has 150 valence electrons. The van der Waals surface area contributed by atoms with Gasteiger partial charge >= 0.3 is 6.09 Å². The van der Waals surface area contributed by atoms with Gasteiger partial charge in [-0.15, -0.1) is 0 Å². The third-order valence-corrected chi connectivity index (χ3v) is 5.05. The van der Waals surface area contributed by atoms with Crippen LogP contribution in [0.4, 0.5) is 4.79 Å². The Bertz CT molecular complexity index is 671. The molecule has 0 radical (unpaired) electrons. The van der Waals surface area contributed by atoms with E-state index in [1.165, 1.54) is 16.7 Å². The summed E-state index contributed by atoms with van der Waals surface area (Å²) in [6.45, 7) is 10.1. The maximum absolute atomic E-state index is 12.6. The van der Waals surface area contributed by atoms with E-state index < -0.39 is 11.7 Å². The zero-order chi connectivity index (χ0) is 20.1. The van der Waals surface area contributed by atoms with Gasteiger partial charge in [0, 0.05) is 13.0 Å². The number of aryl methyl sites for hydroxylation is 3. The second-order valence-corrected chi connectivity index (χ2v) is 8.82. The first-order valence-electron chi connectivity index (χ1n) is 9.93. The average Bonchev–Trinajstić information content (AvgIpc) is 2.99. The second kappa shape index (κ2) is 8.77. The van der Waals surface area contributed by atoms with Crippen molar-refractivity contribution in [2.24, 2.45) is 0 Å². The Hall–Kier alpha value is -2.04. The van der Waals surface area contributed by atoms with E-state index in [2.05, 4.69) is 42.7 Å². The van der Waals surface area contributed by atoms with Crippen molar-refractivity contribution in [1.29, 1.82) is 0 Å². The van der Waals surface area contributed by atoms with Gasteiger partial charge < -0.3 is 15.4 Å². The van der Waals surface area contributed by atoms with Crippen molar-refractivity contribution in [2.45, 2.75) is 84.3 Å². The van der Waals surface area contributed by atoms with E-state index in [1.54, 1.807) is 0 Å². The number of nitrogens with one attached hydrogen (secondary N) is 2. The topological polar surface area (TPSA) is 67.4 Å². The molecule has 2 rings (SSSR count). The first-order valence-corrected chi connectivity index (χ1v) is 9.93. The van der Waals surface area contributed by atoms with Crippen LogP contribution < -0.4 is 10.6 Å². The number of benzene rings is 1. The summed E-state index contributed by atoms with van der Waals surface area (Å²) in [4.78, 5) is 24.5. The van der Waals surface area contributed by atoms with Crippen LogP contribution in [0.5, 0.6) is 0 Å². The molecule has 0 spiro atoms. The molecule has 0 aliphatic heterocycles. The van der Waals surface area contributed by atoms with E-state index in [-0.39, 0.29) is 11.4 Å². The van der Waals surface area contributed by atoms with E-state index in [4.69, 9.17) is 4.74 Å². The first-order chi connectivity index (χ1) is 12.6. The molecule has 2 N–H and O–H groups in total. The molecular formula is C22H34N2O3. The van der Waals surface area contributed by atoms with Gasteiger partial charge in [-0.25, -0.2) is 4.79 Å². The Morgan fingerprint density at radius 2 is 1.81 bits per heavy atom. The quantitative estimate of drug-likeness (QED) is 0.784. The van der Waals surface area contributed by atoms with Crippen LogP contribution in [0.2, 0.25) is 0 Å². The largest absolute Gasteiger partial charge is 0.444 e. The van der Waals surface area contributed by atoms with Gasteiger partial charge in [-0.2, -0.15) is 0 Å². The molecule has 0 aromatic heterocycles.